The van der Waals surface area contributed by atoms with Gasteiger partial charge in [-0.3, -0.25) is 4.79 Å². The lowest BCUT2D eigenvalue weighted by Crippen LogP contribution is -2.38. The quantitative estimate of drug-likeness (QED) is 0.800. The molecule has 1 amide bonds. The van der Waals surface area contributed by atoms with Gasteiger partial charge in [-0.1, -0.05) is 0 Å². The summed E-state index contributed by atoms with van der Waals surface area (Å²) in [6.07, 6.45) is -4.37. The van der Waals surface area contributed by atoms with Crippen LogP contribution in [0, 0.1) is 0 Å². The second-order valence-electron chi connectivity index (χ2n) is 3.96. The van der Waals surface area contributed by atoms with E-state index in [-0.39, 0.29) is 24.6 Å². The van der Waals surface area contributed by atoms with E-state index in [0.29, 0.717) is 6.54 Å². The molecule has 1 aromatic rings. The minimum absolute atomic E-state index is 0.00526. The monoisotopic (exact) mass is 291 g/mol. The van der Waals surface area contributed by atoms with Crippen LogP contribution in [0.1, 0.15) is 17.4 Å². The van der Waals surface area contributed by atoms with Gasteiger partial charge in [-0.05, 0) is 19.1 Å². The maximum Gasteiger partial charge on any atom is 0.405 e. The van der Waals surface area contributed by atoms with E-state index in [1.165, 1.54) is 12.1 Å². The lowest BCUT2D eigenvalue weighted by Gasteiger charge is -2.23. The van der Waals surface area contributed by atoms with E-state index in [9.17, 15) is 18.0 Å². The molecule has 0 aromatic carbocycles. The Hall–Kier alpha value is -1.90. The molecule has 0 spiro atoms. The Labute approximate surface area is 114 Å². The van der Waals surface area contributed by atoms with Crippen molar-refractivity contribution in [3.63, 3.8) is 0 Å². The zero-order valence-corrected chi connectivity index (χ0v) is 10.9. The predicted molar refractivity (Wildman–Crippen MR) is 67.4 cm³/mol. The molecule has 0 unspecified atom stereocenters. The molecule has 1 heterocycles. The molecule has 1 aromatic heterocycles. The molecular formula is C11H16F3N5O. The summed E-state index contributed by atoms with van der Waals surface area (Å²) in [4.78, 5) is 12.4. The van der Waals surface area contributed by atoms with Crippen molar-refractivity contribution in [2.75, 3.05) is 31.1 Å². The molecule has 9 heteroatoms. The van der Waals surface area contributed by atoms with E-state index < -0.39 is 18.6 Å². The number of hydrogen-bond donors (Lipinski definition) is 2. The number of rotatable bonds is 6. The number of nitrogens with one attached hydrogen (secondary N) is 1. The molecule has 6 nitrogen and oxygen atoms in total. The van der Waals surface area contributed by atoms with Crippen LogP contribution in [-0.4, -0.2) is 48.5 Å². The fourth-order valence-electron chi connectivity index (χ4n) is 1.51. The van der Waals surface area contributed by atoms with Crippen LogP contribution in [0.4, 0.5) is 19.0 Å². The average molecular weight is 291 g/mol. The molecule has 20 heavy (non-hydrogen) atoms. The molecule has 0 bridgehead atoms. The molecule has 0 aliphatic carbocycles. The number of carbonyl (C=O) groups excluding carboxylic acids is 1. The summed E-state index contributed by atoms with van der Waals surface area (Å²) in [6, 6.07) is 2.65. The molecule has 112 valence electrons. The van der Waals surface area contributed by atoms with E-state index in [0.717, 1.165) is 4.90 Å². The molecule has 1 rings (SSSR count). The number of halogens is 3. The van der Waals surface area contributed by atoms with Gasteiger partial charge in [0.05, 0.1) is 0 Å². The maximum atomic E-state index is 12.4. The van der Waals surface area contributed by atoms with Crippen LogP contribution < -0.4 is 16.0 Å². The Balaban J connectivity index is 2.85. The lowest BCUT2D eigenvalue weighted by molar-refractivity contribution is -0.119. The van der Waals surface area contributed by atoms with E-state index in [1.807, 2.05) is 0 Å². The normalized spacial score (nSPS) is 11.2. The third-order valence-corrected chi connectivity index (χ3v) is 2.31. The molecule has 0 aliphatic heterocycles. The van der Waals surface area contributed by atoms with Gasteiger partial charge < -0.3 is 16.0 Å². The number of carbonyl (C=O) groups is 1. The van der Waals surface area contributed by atoms with Crippen molar-refractivity contribution in [2.45, 2.75) is 13.1 Å². The van der Waals surface area contributed by atoms with Crippen molar-refractivity contribution < 1.29 is 18.0 Å². The van der Waals surface area contributed by atoms with Crippen molar-refractivity contribution in [2.24, 2.45) is 5.73 Å². The molecular weight excluding hydrogens is 275 g/mol. The SMILES string of the molecule is CCNC(=O)c1ccc(N(CCN)CC(F)(F)F)nn1. The smallest absolute Gasteiger partial charge is 0.351 e. The summed E-state index contributed by atoms with van der Waals surface area (Å²) in [5.74, 6) is -0.395. The number of nitrogens with zero attached hydrogens (tertiary/aromatic N) is 3. The Morgan fingerprint density at radius 2 is 2.10 bits per heavy atom. The number of nitrogens with two attached hydrogens (primary N) is 1. The summed E-state index contributed by atoms with van der Waals surface area (Å²) in [5, 5.41) is 9.78. The molecule has 0 saturated carbocycles. The average Bonchev–Trinajstić information content (AvgIpc) is 2.37. The molecule has 3 N–H and O–H groups in total. The number of anilines is 1. The highest BCUT2D eigenvalue weighted by Crippen LogP contribution is 2.19. The van der Waals surface area contributed by atoms with Crippen molar-refractivity contribution in [3.8, 4) is 0 Å². The molecule has 0 atom stereocenters. The summed E-state index contributed by atoms with van der Waals surface area (Å²) in [6.45, 7) is 1.05. The van der Waals surface area contributed by atoms with Crippen LogP contribution in [-0.2, 0) is 0 Å². The summed E-state index contributed by atoms with van der Waals surface area (Å²) < 4.78 is 37.3. The van der Waals surface area contributed by atoms with Crippen LogP contribution in [0.3, 0.4) is 0 Å². The summed E-state index contributed by atoms with van der Waals surface area (Å²) in [7, 11) is 0. The van der Waals surface area contributed by atoms with Crippen LogP contribution in [0.15, 0.2) is 12.1 Å². The van der Waals surface area contributed by atoms with Crippen LogP contribution in [0.2, 0.25) is 0 Å². The first kappa shape index (κ1) is 16.2. The third-order valence-electron chi connectivity index (χ3n) is 2.31. The minimum atomic E-state index is -4.37. The third kappa shape index (κ3) is 5.00. The summed E-state index contributed by atoms with van der Waals surface area (Å²) in [5.41, 5.74) is 5.33. The van der Waals surface area contributed by atoms with Gasteiger partial charge >= 0.3 is 6.18 Å². The number of hydrogen-bond acceptors (Lipinski definition) is 5. The zero-order chi connectivity index (χ0) is 15.2. The standard InChI is InChI=1S/C11H16F3N5O/c1-2-16-10(20)8-3-4-9(18-17-8)19(6-5-15)7-11(12,13)14/h3-4H,2,5-7,15H2,1H3,(H,16,20). The Bertz CT molecular complexity index is 435. The molecule has 0 radical (unpaired) electrons. The number of amides is 1. The first-order chi connectivity index (χ1) is 9.37. The lowest BCUT2D eigenvalue weighted by atomic mass is 10.3. The first-order valence-electron chi connectivity index (χ1n) is 6.01. The fourth-order valence-corrected chi connectivity index (χ4v) is 1.51. The van der Waals surface area contributed by atoms with Crippen LogP contribution in [0.5, 0.6) is 0 Å². The topological polar surface area (TPSA) is 84.1 Å². The van der Waals surface area contributed by atoms with Gasteiger partial charge in [-0.25, -0.2) is 0 Å². The molecule has 0 fully saturated rings. The largest absolute Gasteiger partial charge is 0.405 e. The van der Waals surface area contributed by atoms with E-state index >= 15 is 0 Å². The molecule has 0 aliphatic rings. The van der Waals surface area contributed by atoms with Gasteiger partial charge in [0.15, 0.2) is 11.5 Å². The van der Waals surface area contributed by atoms with Gasteiger partial charge in [0.1, 0.15) is 6.54 Å². The first-order valence-corrected chi connectivity index (χ1v) is 6.01. The van der Waals surface area contributed by atoms with E-state index in [1.54, 1.807) is 6.92 Å². The van der Waals surface area contributed by atoms with Crippen LogP contribution in [0.25, 0.3) is 0 Å². The van der Waals surface area contributed by atoms with Crippen molar-refractivity contribution in [1.82, 2.24) is 15.5 Å². The highest BCUT2D eigenvalue weighted by atomic mass is 19.4. The predicted octanol–water partition coefficient (Wildman–Crippen LogP) is 0.554. The van der Waals surface area contributed by atoms with Gasteiger partial charge in [0.25, 0.3) is 5.91 Å². The Morgan fingerprint density at radius 1 is 1.40 bits per heavy atom. The fraction of sp³-hybridized carbons (Fsp3) is 0.545. The second-order valence-corrected chi connectivity index (χ2v) is 3.96. The van der Waals surface area contributed by atoms with Gasteiger partial charge in [0.2, 0.25) is 0 Å². The Morgan fingerprint density at radius 3 is 2.55 bits per heavy atom. The highest BCUT2D eigenvalue weighted by Gasteiger charge is 2.31. The highest BCUT2D eigenvalue weighted by molar-refractivity contribution is 5.92. The molecule has 0 saturated heterocycles. The Kier molecular flexibility index (Phi) is 5.68. The second kappa shape index (κ2) is 7.04. The van der Waals surface area contributed by atoms with Crippen molar-refractivity contribution in [1.29, 1.82) is 0 Å². The maximum absolute atomic E-state index is 12.4. The zero-order valence-electron chi connectivity index (χ0n) is 10.9. The summed E-state index contributed by atoms with van der Waals surface area (Å²) >= 11 is 0. The van der Waals surface area contributed by atoms with Crippen molar-refractivity contribution >= 4 is 11.7 Å². The van der Waals surface area contributed by atoms with E-state index in [4.69, 9.17) is 5.73 Å². The van der Waals surface area contributed by atoms with Gasteiger partial charge in [-0.2, -0.15) is 13.2 Å². The van der Waals surface area contributed by atoms with Crippen LogP contribution >= 0.6 is 0 Å². The van der Waals surface area contributed by atoms with Gasteiger partial charge in [0, 0.05) is 19.6 Å². The van der Waals surface area contributed by atoms with E-state index in [2.05, 4.69) is 15.5 Å². The number of alkyl halides is 3. The number of aromatic nitrogens is 2. The van der Waals surface area contributed by atoms with Crippen molar-refractivity contribution in [3.05, 3.63) is 17.8 Å². The minimum Gasteiger partial charge on any atom is -0.351 e. The van der Waals surface area contributed by atoms with Gasteiger partial charge in [-0.15, -0.1) is 10.2 Å².